The summed E-state index contributed by atoms with van der Waals surface area (Å²) in [6.45, 7) is 5.28. The molecule has 0 N–H and O–H groups in total. The molecule has 0 heterocycles. The van der Waals surface area contributed by atoms with Crippen molar-refractivity contribution in [1.82, 2.24) is 0 Å². The lowest BCUT2D eigenvalue weighted by atomic mass is 9.78. The smallest absolute Gasteiger partial charge is 0.119 e. The van der Waals surface area contributed by atoms with Crippen molar-refractivity contribution in [1.29, 1.82) is 0 Å². The van der Waals surface area contributed by atoms with Crippen LogP contribution in [-0.2, 0) is 6.42 Å². The van der Waals surface area contributed by atoms with E-state index in [1.807, 2.05) is 0 Å². The molecule has 1 heteroatoms. The maximum Gasteiger partial charge on any atom is 0.119 e. The van der Waals surface area contributed by atoms with E-state index in [1.54, 1.807) is 0 Å². The lowest BCUT2D eigenvalue weighted by Crippen LogP contribution is -2.12. The highest BCUT2D eigenvalue weighted by Crippen LogP contribution is 2.35. The Morgan fingerprint density at radius 1 is 0.800 bits per heavy atom. The lowest BCUT2D eigenvalue weighted by molar-refractivity contribution is 0.306. The van der Waals surface area contributed by atoms with Gasteiger partial charge >= 0.3 is 0 Å². The highest BCUT2D eigenvalue weighted by molar-refractivity contribution is 5.38. The van der Waals surface area contributed by atoms with Gasteiger partial charge in [0.05, 0.1) is 6.61 Å². The standard InChI is InChI=1S/C29H38O/c1-3-5-7-23-30-29-21-15-26(16-22-29)10-9-25-13-19-28(20-14-25)27-17-11-24(12-18-27)8-6-4-2/h11-12,15-18,21-22,25,28H,3-8,13-14,19-20,23H2,1-2H3/t25-,28-. The molecule has 0 saturated heterocycles. The topological polar surface area (TPSA) is 9.23 Å². The Hall–Kier alpha value is -2.20. The molecule has 1 aliphatic rings. The van der Waals surface area contributed by atoms with Crippen LogP contribution in [0.2, 0.25) is 0 Å². The van der Waals surface area contributed by atoms with Crippen molar-refractivity contribution in [2.45, 2.75) is 84.0 Å². The zero-order chi connectivity index (χ0) is 21.0. The molecule has 3 rings (SSSR count). The minimum atomic E-state index is 0.537. The minimum Gasteiger partial charge on any atom is -0.494 e. The van der Waals surface area contributed by atoms with Gasteiger partial charge in [0, 0.05) is 11.5 Å². The van der Waals surface area contributed by atoms with E-state index >= 15 is 0 Å². The third kappa shape index (κ3) is 7.24. The summed E-state index contributed by atoms with van der Waals surface area (Å²) in [6, 6.07) is 17.7. The summed E-state index contributed by atoms with van der Waals surface area (Å²) in [4.78, 5) is 0. The van der Waals surface area contributed by atoms with Crippen molar-refractivity contribution in [2.24, 2.45) is 5.92 Å². The van der Waals surface area contributed by atoms with Crippen LogP contribution in [0.1, 0.15) is 94.2 Å². The van der Waals surface area contributed by atoms with Gasteiger partial charge in [0.2, 0.25) is 0 Å². The molecular weight excluding hydrogens is 364 g/mol. The van der Waals surface area contributed by atoms with Crippen LogP contribution in [0.25, 0.3) is 0 Å². The predicted molar refractivity (Wildman–Crippen MR) is 128 cm³/mol. The highest BCUT2D eigenvalue weighted by atomic mass is 16.5. The maximum atomic E-state index is 5.79. The van der Waals surface area contributed by atoms with E-state index in [2.05, 4.69) is 74.2 Å². The monoisotopic (exact) mass is 402 g/mol. The number of unbranched alkanes of at least 4 members (excludes halogenated alkanes) is 3. The van der Waals surface area contributed by atoms with E-state index in [-0.39, 0.29) is 0 Å². The van der Waals surface area contributed by atoms with Gasteiger partial charge < -0.3 is 4.74 Å². The number of hydrogen-bond acceptors (Lipinski definition) is 1. The third-order valence-electron chi connectivity index (χ3n) is 6.29. The minimum absolute atomic E-state index is 0.537. The van der Waals surface area contributed by atoms with Crippen molar-refractivity contribution in [3.8, 4) is 17.6 Å². The number of aryl methyl sites for hydroxylation is 1. The van der Waals surface area contributed by atoms with E-state index in [0.717, 1.165) is 24.3 Å². The summed E-state index contributed by atoms with van der Waals surface area (Å²) in [6.07, 6.45) is 12.3. The zero-order valence-corrected chi connectivity index (χ0v) is 19.0. The molecule has 0 unspecified atom stereocenters. The first kappa shape index (κ1) is 22.5. The number of hydrogen-bond donors (Lipinski definition) is 0. The van der Waals surface area contributed by atoms with Crippen molar-refractivity contribution in [3.63, 3.8) is 0 Å². The van der Waals surface area contributed by atoms with Gasteiger partial charge in [-0.3, -0.25) is 0 Å². The Morgan fingerprint density at radius 3 is 2.17 bits per heavy atom. The van der Waals surface area contributed by atoms with Gasteiger partial charge in [0.1, 0.15) is 5.75 Å². The summed E-state index contributed by atoms with van der Waals surface area (Å²) in [5.41, 5.74) is 4.11. The molecule has 2 aromatic rings. The quantitative estimate of drug-likeness (QED) is 0.306. The molecule has 0 bridgehead atoms. The molecule has 1 saturated carbocycles. The average molecular weight is 403 g/mol. The molecule has 1 nitrogen and oxygen atoms in total. The van der Waals surface area contributed by atoms with Crippen LogP contribution in [0.15, 0.2) is 48.5 Å². The number of benzene rings is 2. The summed E-state index contributed by atoms with van der Waals surface area (Å²) >= 11 is 0. The SMILES string of the molecule is CCCCCOc1ccc(C#C[C@H]2CC[C@H](c3ccc(CCCC)cc3)CC2)cc1. The second-order valence-electron chi connectivity index (χ2n) is 8.74. The first-order valence-corrected chi connectivity index (χ1v) is 12.1. The van der Waals surface area contributed by atoms with Crippen LogP contribution >= 0.6 is 0 Å². The van der Waals surface area contributed by atoms with Crippen molar-refractivity contribution >= 4 is 0 Å². The average Bonchev–Trinajstić information content (AvgIpc) is 2.81. The highest BCUT2D eigenvalue weighted by Gasteiger charge is 2.21. The predicted octanol–water partition coefficient (Wildman–Crippen LogP) is 7.92. The molecule has 0 aromatic heterocycles. The lowest BCUT2D eigenvalue weighted by Gasteiger charge is -2.26. The molecule has 0 aliphatic heterocycles. The Balaban J connectivity index is 1.44. The fourth-order valence-electron chi connectivity index (χ4n) is 4.27. The zero-order valence-electron chi connectivity index (χ0n) is 19.0. The van der Waals surface area contributed by atoms with Gasteiger partial charge in [-0.2, -0.15) is 0 Å². The summed E-state index contributed by atoms with van der Waals surface area (Å²) in [7, 11) is 0. The Bertz CT molecular complexity index is 783. The second-order valence-corrected chi connectivity index (χ2v) is 8.74. The molecular formula is C29H38O. The van der Waals surface area contributed by atoms with Gasteiger partial charge in [-0.25, -0.2) is 0 Å². The molecule has 30 heavy (non-hydrogen) atoms. The first-order valence-electron chi connectivity index (χ1n) is 12.1. The van der Waals surface area contributed by atoms with E-state index in [9.17, 15) is 0 Å². The second kappa shape index (κ2) is 12.5. The third-order valence-corrected chi connectivity index (χ3v) is 6.29. The van der Waals surface area contributed by atoms with Gasteiger partial charge in [0.15, 0.2) is 0 Å². The van der Waals surface area contributed by atoms with Crippen LogP contribution in [-0.4, -0.2) is 6.61 Å². The van der Waals surface area contributed by atoms with Crippen LogP contribution in [0.5, 0.6) is 5.75 Å². The number of ether oxygens (including phenoxy) is 1. The fourth-order valence-corrected chi connectivity index (χ4v) is 4.27. The molecule has 0 amide bonds. The Labute approximate surface area is 184 Å². The summed E-state index contributed by atoms with van der Waals surface area (Å²) in [5, 5.41) is 0. The van der Waals surface area contributed by atoms with Crippen molar-refractivity contribution < 1.29 is 4.74 Å². The summed E-state index contributed by atoms with van der Waals surface area (Å²) < 4.78 is 5.79. The Kier molecular flexibility index (Phi) is 9.36. The van der Waals surface area contributed by atoms with Crippen molar-refractivity contribution in [3.05, 3.63) is 65.2 Å². The van der Waals surface area contributed by atoms with Gasteiger partial charge in [-0.05, 0) is 86.3 Å². The summed E-state index contributed by atoms with van der Waals surface area (Å²) in [5.74, 6) is 9.13. The van der Waals surface area contributed by atoms with Crippen LogP contribution in [0.3, 0.4) is 0 Å². The molecule has 0 atom stereocenters. The van der Waals surface area contributed by atoms with Crippen LogP contribution < -0.4 is 4.74 Å². The van der Waals surface area contributed by atoms with E-state index in [4.69, 9.17) is 4.74 Å². The Morgan fingerprint density at radius 2 is 1.50 bits per heavy atom. The van der Waals surface area contributed by atoms with Gasteiger partial charge in [0.25, 0.3) is 0 Å². The molecule has 1 fully saturated rings. The maximum absolute atomic E-state index is 5.79. The number of rotatable bonds is 9. The van der Waals surface area contributed by atoms with Crippen molar-refractivity contribution in [2.75, 3.05) is 6.61 Å². The normalized spacial score (nSPS) is 18.5. The first-order chi connectivity index (χ1) is 14.8. The molecule has 160 valence electrons. The molecule has 0 radical (unpaired) electrons. The van der Waals surface area contributed by atoms with E-state index in [0.29, 0.717) is 11.8 Å². The van der Waals surface area contributed by atoms with E-state index < -0.39 is 0 Å². The van der Waals surface area contributed by atoms with Crippen LogP contribution in [0.4, 0.5) is 0 Å². The molecule has 2 aromatic carbocycles. The molecule has 1 aliphatic carbocycles. The van der Waals surface area contributed by atoms with Gasteiger partial charge in [-0.15, -0.1) is 0 Å². The van der Waals surface area contributed by atoms with Crippen LogP contribution in [0, 0.1) is 17.8 Å². The van der Waals surface area contributed by atoms with Gasteiger partial charge in [-0.1, -0.05) is 69.2 Å². The van der Waals surface area contributed by atoms with E-state index in [1.165, 1.54) is 68.9 Å². The largest absolute Gasteiger partial charge is 0.494 e. The fraction of sp³-hybridized carbons (Fsp3) is 0.517. The molecule has 0 spiro atoms.